The highest BCUT2D eigenvalue weighted by atomic mass is 32.2. The molecule has 0 fully saturated rings. The van der Waals surface area contributed by atoms with Gasteiger partial charge in [-0.15, -0.1) is 22.0 Å². The van der Waals surface area contributed by atoms with Crippen LogP contribution in [0.25, 0.3) is 0 Å². The highest BCUT2D eigenvalue weighted by Gasteiger charge is 2.12. The summed E-state index contributed by atoms with van der Waals surface area (Å²) < 4.78 is 1.95. The SMILES string of the molecule is Cc1ccc(NC(=O)CSc2nnc(CSc3ccc(C)cc3)n2C)cc1. The van der Waals surface area contributed by atoms with Crippen molar-refractivity contribution in [3.63, 3.8) is 0 Å². The summed E-state index contributed by atoms with van der Waals surface area (Å²) in [6.07, 6.45) is 0. The number of rotatable bonds is 7. The monoisotopic (exact) mass is 398 g/mol. The molecule has 27 heavy (non-hydrogen) atoms. The molecule has 0 aliphatic carbocycles. The molecule has 0 saturated heterocycles. The maximum Gasteiger partial charge on any atom is 0.234 e. The van der Waals surface area contributed by atoms with Crippen LogP contribution in [0.4, 0.5) is 5.69 Å². The van der Waals surface area contributed by atoms with Crippen LogP contribution < -0.4 is 5.32 Å². The van der Waals surface area contributed by atoms with E-state index >= 15 is 0 Å². The van der Waals surface area contributed by atoms with Crippen LogP contribution in [0.2, 0.25) is 0 Å². The maximum atomic E-state index is 12.1. The molecule has 0 bridgehead atoms. The fraction of sp³-hybridized carbons (Fsp3) is 0.250. The van der Waals surface area contributed by atoms with Crippen molar-refractivity contribution in [2.75, 3.05) is 11.1 Å². The Labute approximate surface area is 168 Å². The van der Waals surface area contributed by atoms with Gasteiger partial charge in [-0.1, -0.05) is 47.2 Å². The number of benzene rings is 2. The number of hydrogen-bond acceptors (Lipinski definition) is 5. The lowest BCUT2D eigenvalue weighted by Gasteiger charge is -2.06. The van der Waals surface area contributed by atoms with E-state index in [1.165, 1.54) is 22.2 Å². The number of hydrogen-bond donors (Lipinski definition) is 1. The summed E-state index contributed by atoms with van der Waals surface area (Å²) in [7, 11) is 1.94. The van der Waals surface area contributed by atoms with Gasteiger partial charge in [0, 0.05) is 17.6 Å². The van der Waals surface area contributed by atoms with Crippen LogP contribution >= 0.6 is 23.5 Å². The second kappa shape index (κ2) is 9.10. The molecule has 0 aliphatic heterocycles. The smallest absolute Gasteiger partial charge is 0.234 e. The van der Waals surface area contributed by atoms with Crippen LogP contribution in [-0.2, 0) is 17.6 Å². The Kier molecular flexibility index (Phi) is 6.58. The zero-order valence-corrected chi connectivity index (χ0v) is 17.2. The molecule has 7 heteroatoms. The molecule has 2 aromatic carbocycles. The van der Waals surface area contributed by atoms with E-state index in [-0.39, 0.29) is 5.91 Å². The van der Waals surface area contributed by atoms with Crippen molar-refractivity contribution in [3.05, 3.63) is 65.5 Å². The Bertz CT molecular complexity index is 905. The molecule has 1 heterocycles. The zero-order chi connectivity index (χ0) is 19.2. The number of aryl methyl sites for hydroxylation is 2. The number of aromatic nitrogens is 3. The Balaban J connectivity index is 1.51. The van der Waals surface area contributed by atoms with Crippen molar-refractivity contribution in [1.29, 1.82) is 0 Å². The third-order valence-electron chi connectivity index (χ3n) is 3.98. The fourth-order valence-electron chi connectivity index (χ4n) is 2.34. The van der Waals surface area contributed by atoms with Gasteiger partial charge in [0.05, 0.1) is 11.5 Å². The lowest BCUT2D eigenvalue weighted by Crippen LogP contribution is -2.14. The first-order valence-electron chi connectivity index (χ1n) is 8.58. The van der Waals surface area contributed by atoms with Gasteiger partial charge in [-0.25, -0.2) is 0 Å². The number of nitrogens with zero attached hydrogens (tertiary/aromatic N) is 3. The van der Waals surface area contributed by atoms with Gasteiger partial charge in [-0.2, -0.15) is 0 Å². The van der Waals surface area contributed by atoms with Gasteiger partial charge < -0.3 is 9.88 Å². The minimum atomic E-state index is -0.0533. The van der Waals surface area contributed by atoms with E-state index in [0.717, 1.165) is 28.0 Å². The van der Waals surface area contributed by atoms with Crippen molar-refractivity contribution in [2.24, 2.45) is 7.05 Å². The van der Waals surface area contributed by atoms with Gasteiger partial charge in [-0.3, -0.25) is 4.79 Å². The summed E-state index contributed by atoms with van der Waals surface area (Å²) >= 11 is 3.12. The van der Waals surface area contributed by atoms with Crippen molar-refractivity contribution in [3.8, 4) is 0 Å². The summed E-state index contributed by atoms with van der Waals surface area (Å²) in [5.41, 5.74) is 3.22. The van der Waals surface area contributed by atoms with Gasteiger partial charge >= 0.3 is 0 Å². The molecule has 1 amide bonds. The second-order valence-corrected chi connectivity index (χ2v) is 8.25. The molecule has 3 aromatic rings. The van der Waals surface area contributed by atoms with Crippen LogP contribution in [0.3, 0.4) is 0 Å². The molecule has 5 nitrogen and oxygen atoms in total. The van der Waals surface area contributed by atoms with Crippen molar-refractivity contribution in [1.82, 2.24) is 14.8 Å². The van der Waals surface area contributed by atoms with Crippen LogP contribution in [0.15, 0.2) is 58.6 Å². The molecule has 3 rings (SSSR count). The Morgan fingerprint density at radius 3 is 2.26 bits per heavy atom. The van der Waals surface area contributed by atoms with E-state index in [1.54, 1.807) is 11.8 Å². The molecule has 0 spiro atoms. The van der Waals surface area contributed by atoms with E-state index in [0.29, 0.717) is 5.75 Å². The first kappa shape index (κ1) is 19.5. The molecule has 1 N–H and O–H groups in total. The van der Waals surface area contributed by atoms with E-state index < -0.39 is 0 Å². The summed E-state index contributed by atoms with van der Waals surface area (Å²) in [6.45, 7) is 4.10. The van der Waals surface area contributed by atoms with Crippen LogP contribution in [0.1, 0.15) is 17.0 Å². The lowest BCUT2D eigenvalue weighted by molar-refractivity contribution is -0.113. The van der Waals surface area contributed by atoms with Crippen LogP contribution in [0.5, 0.6) is 0 Å². The minimum Gasteiger partial charge on any atom is -0.325 e. The molecule has 0 atom stereocenters. The number of anilines is 1. The first-order valence-corrected chi connectivity index (χ1v) is 10.6. The topological polar surface area (TPSA) is 59.8 Å². The number of carbonyl (C=O) groups excluding carboxylic acids is 1. The lowest BCUT2D eigenvalue weighted by atomic mass is 10.2. The van der Waals surface area contributed by atoms with Crippen molar-refractivity contribution < 1.29 is 4.79 Å². The summed E-state index contributed by atoms with van der Waals surface area (Å²) in [4.78, 5) is 13.3. The van der Waals surface area contributed by atoms with Crippen LogP contribution in [-0.4, -0.2) is 26.4 Å². The van der Waals surface area contributed by atoms with E-state index in [2.05, 4.69) is 46.7 Å². The largest absolute Gasteiger partial charge is 0.325 e. The Morgan fingerprint density at radius 1 is 0.963 bits per heavy atom. The molecular weight excluding hydrogens is 376 g/mol. The second-order valence-electron chi connectivity index (χ2n) is 6.26. The quantitative estimate of drug-likeness (QED) is 0.596. The molecule has 0 aliphatic rings. The van der Waals surface area contributed by atoms with E-state index in [9.17, 15) is 4.79 Å². The number of nitrogens with one attached hydrogen (secondary N) is 1. The fourth-order valence-corrected chi connectivity index (χ4v) is 3.95. The normalized spacial score (nSPS) is 10.8. The molecule has 140 valence electrons. The minimum absolute atomic E-state index is 0.0533. The van der Waals surface area contributed by atoms with Crippen molar-refractivity contribution >= 4 is 35.1 Å². The number of amides is 1. The summed E-state index contributed by atoms with van der Waals surface area (Å²) in [5.74, 6) is 1.87. The van der Waals surface area contributed by atoms with E-state index in [1.807, 2.05) is 42.8 Å². The molecule has 1 aromatic heterocycles. The van der Waals surface area contributed by atoms with Crippen LogP contribution in [0, 0.1) is 13.8 Å². The average molecular weight is 399 g/mol. The predicted molar refractivity (Wildman–Crippen MR) is 112 cm³/mol. The molecule has 0 saturated carbocycles. The van der Waals surface area contributed by atoms with Crippen molar-refractivity contribution in [2.45, 2.75) is 29.7 Å². The summed E-state index contributed by atoms with van der Waals surface area (Å²) in [5, 5.41) is 12.1. The standard InChI is InChI=1S/C20H22N4OS2/c1-14-4-8-16(9-5-14)21-19(25)13-27-20-23-22-18(24(20)3)12-26-17-10-6-15(2)7-11-17/h4-11H,12-13H2,1-3H3,(H,21,25). The molecule has 0 radical (unpaired) electrons. The zero-order valence-electron chi connectivity index (χ0n) is 15.6. The maximum absolute atomic E-state index is 12.1. The van der Waals surface area contributed by atoms with E-state index in [4.69, 9.17) is 0 Å². The Hall–Kier alpha value is -2.25. The number of carbonyl (C=O) groups is 1. The van der Waals surface area contributed by atoms with Gasteiger partial charge in [0.15, 0.2) is 5.16 Å². The van der Waals surface area contributed by atoms with Gasteiger partial charge in [-0.05, 0) is 38.1 Å². The third-order valence-corrected chi connectivity index (χ3v) is 6.01. The molecular formula is C20H22N4OS2. The third kappa shape index (κ3) is 5.61. The molecule has 0 unspecified atom stereocenters. The summed E-state index contributed by atoms with van der Waals surface area (Å²) in [6, 6.07) is 16.2. The highest BCUT2D eigenvalue weighted by Crippen LogP contribution is 2.24. The first-order chi connectivity index (χ1) is 13.0. The van der Waals surface area contributed by atoms with Gasteiger partial charge in [0.2, 0.25) is 5.91 Å². The average Bonchev–Trinajstić information content (AvgIpc) is 3.01. The Morgan fingerprint density at radius 2 is 1.59 bits per heavy atom. The van der Waals surface area contributed by atoms with Gasteiger partial charge in [0.25, 0.3) is 0 Å². The predicted octanol–water partition coefficient (Wildman–Crippen LogP) is 4.46. The van der Waals surface area contributed by atoms with Gasteiger partial charge in [0.1, 0.15) is 5.82 Å². The highest BCUT2D eigenvalue weighted by molar-refractivity contribution is 7.99. The number of thioether (sulfide) groups is 2.